The van der Waals surface area contributed by atoms with E-state index in [1.807, 2.05) is 0 Å². The molecule has 0 spiro atoms. The minimum absolute atomic E-state index is 0.0170. The Balaban J connectivity index is 2.64. The lowest BCUT2D eigenvalue weighted by atomic mass is 10.1. The highest BCUT2D eigenvalue weighted by Gasteiger charge is 2.14. The lowest BCUT2D eigenvalue weighted by Gasteiger charge is -2.03. The van der Waals surface area contributed by atoms with Crippen molar-refractivity contribution in [1.29, 1.82) is 0 Å². The number of hydrogen-bond donors (Lipinski definition) is 0. The van der Waals surface area contributed by atoms with Crippen molar-refractivity contribution in [3.05, 3.63) is 46.9 Å². The molecule has 0 aliphatic carbocycles. The molecule has 1 aromatic carbocycles. The number of hydrogen-bond acceptors (Lipinski definition) is 2. The lowest BCUT2D eigenvalue weighted by Crippen LogP contribution is -1.89. The molecule has 0 amide bonds. The second-order valence-corrected chi connectivity index (χ2v) is 3.47. The predicted molar refractivity (Wildman–Crippen MR) is 54.5 cm³/mol. The van der Waals surface area contributed by atoms with Crippen LogP contribution < -0.4 is 0 Å². The smallest absolute Gasteiger partial charge is 0.185 e. The molecule has 82 valence electrons. The van der Waals surface area contributed by atoms with Gasteiger partial charge < -0.3 is 4.42 Å². The summed E-state index contributed by atoms with van der Waals surface area (Å²) in [6, 6.07) is 3.24. The fourth-order valence-corrected chi connectivity index (χ4v) is 1.62. The lowest BCUT2D eigenvalue weighted by molar-refractivity contribution is 0.110. The average Bonchev–Trinajstić information content (AvgIpc) is 2.71. The fourth-order valence-electron chi connectivity index (χ4n) is 1.36. The number of rotatable bonds is 2. The zero-order chi connectivity index (χ0) is 11.7. The van der Waals surface area contributed by atoms with Crippen LogP contribution in [0.2, 0.25) is 5.02 Å². The highest BCUT2D eigenvalue weighted by Crippen LogP contribution is 2.32. The standard InChI is InChI=1S/C11H5ClF2O2/c12-8-4-10(14)9(13)3-7(8)6-1-2-16-11(6)5-15/h1-5H. The second kappa shape index (κ2) is 4.06. The number of halogens is 3. The van der Waals surface area contributed by atoms with Gasteiger partial charge in [0.05, 0.1) is 11.3 Å². The third-order valence-corrected chi connectivity index (χ3v) is 2.42. The van der Waals surface area contributed by atoms with Gasteiger partial charge in [0.1, 0.15) is 0 Å². The fraction of sp³-hybridized carbons (Fsp3) is 0. The molecule has 0 fully saturated rings. The molecule has 1 aromatic heterocycles. The van der Waals surface area contributed by atoms with Gasteiger partial charge >= 0.3 is 0 Å². The van der Waals surface area contributed by atoms with Crippen LogP contribution in [0.5, 0.6) is 0 Å². The summed E-state index contributed by atoms with van der Waals surface area (Å²) in [5.74, 6) is -2.05. The molecule has 5 heteroatoms. The van der Waals surface area contributed by atoms with E-state index >= 15 is 0 Å². The highest BCUT2D eigenvalue weighted by atomic mass is 35.5. The first-order valence-corrected chi connectivity index (χ1v) is 4.69. The maximum Gasteiger partial charge on any atom is 0.185 e. The summed E-state index contributed by atoms with van der Waals surface area (Å²) in [5.41, 5.74) is 0.551. The van der Waals surface area contributed by atoms with Crippen LogP contribution in [-0.2, 0) is 0 Å². The number of aldehydes is 1. The Morgan fingerprint density at radius 2 is 1.88 bits per heavy atom. The van der Waals surface area contributed by atoms with Crippen LogP contribution in [0, 0.1) is 11.6 Å². The molecule has 2 rings (SSSR count). The minimum atomic E-state index is -1.04. The quantitative estimate of drug-likeness (QED) is 0.594. The van der Waals surface area contributed by atoms with E-state index in [9.17, 15) is 13.6 Å². The Labute approximate surface area is 94.4 Å². The molecule has 0 radical (unpaired) electrons. The van der Waals surface area contributed by atoms with Gasteiger partial charge in [0.15, 0.2) is 23.7 Å². The van der Waals surface area contributed by atoms with Gasteiger partial charge in [-0.3, -0.25) is 4.79 Å². The molecule has 0 saturated carbocycles. The Bertz CT molecular complexity index is 549. The topological polar surface area (TPSA) is 30.2 Å². The summed E-state index contributed by atoms with van der Waals surface area (Å²) in [5, 5.41) is 0.0170. The summed E-state index contributed by atoms with van der Waals surface area (Å²) in [4.78, 5) is 10.6. The summed E-state index contributed by atoms with van der Waals surface area (Å²) < 4.78 is 30.7. The largest absolute Gasteiger partial charge is 0.461 e. The number of carbonyl (C=O) groups excluding carboxylic acids is 1. The van der Waals surface area contributed by atoms with Crippen LogP contribution in [0.4, 0.5) is 8.78 Å². The van der Waals surface area contributed by atoms with Crippen LogP contribution >= 0.6 is 11.6 Å². The van der Waals surface area contributed by atoms with Gasteiger partial charge in [-0.2, -0.15) is 0 Å². The molecule has 0 aliphatic heterocycles. The molecule has 2 aromatic rings. The van der Waals surface area contributed by atoms with E-state index in [4.69, 9.17) is 16.0 Å². The van der Waals surface area contributed by atoms with Crippen molar-refractivity contribution < 1.29 is 18.0 Å². The monoisotopic (exact) mass is 242 g/mol. The van der Waals surface area contributed by atoms with E-state index < -0.39 is 11.6 Å². The normalized spacial score (nSPS) is 10.4. The van der Waals surface area contributed by atoms with E-state index in [0.29, 0.717) is 11.8 Å². The molecule has 1 heterocycles. The molecular formula is C11H5ClF2O2. The van der Waals surface area contributed by atoms with Crippen LogP contribution in [0.15, 0.2) is 28.9 Å². The predicted octanol–water partition coefficient (Wildman–Crippen LogP) is 3.69. The third kappa shape index (κ3) is 1.72. The SMILES string of the molecule is O=Cc1occc1-c1cc(F)c(F)cc1Cl. The highest BCUT2D eigenvalue weighted by molar-refractivity contribution is 6.33. The molecular weight excluding hydrogens is 238 g/mol. The van der Waals surface area contributed by atoms with E-state index in [2.05, 4.69) is 0 Å². The van der Waals surface area contributed by atoms with E-state index in [1.165, 1.54) is 12.3 Å². The maximum atomic E-state index is 13.0. The first-order valence-electron chi connectivity index (χ1n) is 4.31. The average molecular weight is 243 g/mol. The molecule has 0 unspecified atom stereocenters. The zero-order valence-electron chi connectivity index (χ0n) is 7.84. The molecule has 2 nitrogen and oxygen atoms in total. The molecule has 0 bridgehead atoms. The van der Waals surface area contributed by atoms with E-state index in [0.717, 1.165) is 12.1 Å². The third-order valence-electron chi connectivity index (χ3n) is 2.10. The van der Waals surface area contributed by atoms with Gasteiger partial charge in [-0.1, -0.05) is 11.6 Å². The van der Waals surface area contributed by atoms with Gasteiger partial charge in [0, 0.05) is 11.1 Å². The molecule has 0 aliphatic rings. The minimum Gasteiger partial charge on any atom is -0.461 e. The first kappa shape index (κ1) is 10.8. The Morgan fingerprint density at radius 3 is 2.56 bits per heavy atom. The van der Waals surface area contributed by atoms with Gasteiger partial charge in [-0.05, 0) is 18.2 Å². The Kier molecular flexibility index (Phi) is 2.75. The van der Waals surface area contributed by atoms with Crippen molar-refractivity contribution in [2.24, 2.45) is 0 Å². The number of furan rings is 1. The van der Waals surface area contributed by atoms with Crippen molar-refractivity contribution in [3.8, 4) is 11.1 Å². The maximum absolute atomic E-state index is 13.0. The molecule has 16 heavy (non-hydrogen) atoms. The zero-order valence-corrected chi connectivity index (χ0v) is 8.59. The van der Waals surface area contributed by atoms with Crippen molar-refractivity contribution >= 4 is 17.9 Å². The van der Waals surface area contributed by atoms with Crippen LogP contribution in [0.3, 0.4) is 0 Å². The second-order valence-electron chi connectivity index (χ2n) is 3.06. The Morgan fingerprint density at radius 1 is 1.19 bits per heavy atom. The Hall–Kier alpha value is -1.68. The number of carbonyl (C=O) groups is 1. The van der Waals surface area contributed by atoms with Gasteiger partial charge in [0.2, 0.25) is 0 Å². The van der Waals surface area contributed by atoms with E-state index in [-0.39, 0.29) is 16.3 Å². The molecule has 0 N–H and O–H groups in total. The first-order chi connectivity index (χ1) is 7.63. The van der Waals surface area contributed by atoms with Gasteiger partial charge in [0.25, 0.3) is 0 Å². The summed E-state index contributed by atoms with van der Waals surface area (Å²) in [6.45, 7) is 0. The van der Waals surface area contributed by atoms with Crippen LogP contribution in [0.1, 0.15) is 10.6 Å². The van der Waals surface area contributed by atoms with Crippen molar-refractivity contribution in [2.75, 3.05) is 0 Å². The summed E-state index contributed by atoms with van der Waals surface area (Å²) in [6.07, 6.45) is 1.75. The summed E-state index contributed by atoms with van der Waals surface area (Å²) in [7, 11) is 0. The number of benzene rings is 1. The van der Waals surface area contributed by atoms with Crippen LogP contribution in [-0.4, -0.2) is 6.29 Å². The molecule has 0 saturated heterocycles. The molecule has 0 atom stereocenters. The van der Waals surface area contributed by atoms with Gasteiger partial charge in [-0.15, -0.1) is 0 Å². The van der Waals surface area contributed by atoms with Crippen LogP contribution in [0.25, 0.3) is 11.1 Å². The summed E-state index contributed by atoms with van der Waals surface area (Å²) >= 11 is 5.76. The van der Waals surface area contributed by atoms with Crippen molar-refractivity contribution in [3.63, 3.8) is 0 Å². The van der Waals surface area contributed by atoms with E-state index in [1.54, 1.807) is 0 Å². The van der Waals surface area contributed by atoms with Gasteiger partial charge in [-0.25, -0.2) is 8.78 Å². The van der Waals surface area contributed by atoms with Crippen molar-refractivity contribution in [1.82, 2.24) is 0 Å². The van der Waals surface area contributed by atoms with Crippen molar-refractivity contribution in [2.45, 2.75) is 0 Å².